The molecule has 24 heavy (non-hydrogen) atoms. The van der Waals surface area contributed by atoms with Crippen LogP contribution in [0.25, 0.3) is 0 Å². The summed E-state index contributed by atoms with van der Waals surface area (Å²) in [5.41, 5.74) is 0.416. The Labute approximate surface area is 155 Å². The summed E-state index contributed by atoms with van der Waals surface area (Å²) >= 11 is 12.2. The summed E-state index contributed by atoms with van der Waals surface area (Å²) in [7, 11) is 0. The predicted molar refractivity (Wildman–Crippen MR) is 101 cm³/mol. The topological polar surface area (TPSA) is 38.3 Å². The van der Waals surface area contributed by atoms with E-state index in [4.69, 9.17) is 27.9 Å². The molecular weight excluding hydrogens is 345 g/mol. The van der Waals surface area contributed by atoms with Crippen LogP contribution in [0.2, 0.25) is 10.0 Å². The summed E-state index contributed by atoms with van der Waals surface area (Å²) in [6.45, 7) is 0. The van der Waals surface area contributed by atoms with E-state index in [0.29, 0.717) is 15.7 Å². The molecule has 1 N–H and O–H groups in total. The molecule has 134 valence electrons. The summed E-state index contributed by atoms with van der Waals surface area (Å²) in [6, 6.07) is 5.13. The van der Waals surface area contributed by atoms with Crippen LogP contribution >= 0.6 is 23.2 Å². The Morgan fingerprint density at radius 2 is 1.33 bits per heavy atom. The van der Waals surface area contributed by atoms with Crippen LogP contribution in [0.5, 0.6) is 0 Å². The molecule has 0 atom stereocenters. The van der Waals surface area contributed by atoms with Gasteiger partial charge in [-0.15, -0.1) is 0 Å². The van der Waals surface area contributed by atoms with Crippen molar-refractivity contribution in [3.8, 4) is 0 Å². The second-order valence-electron chi connectivity index (χ2n) is 6.51. The van der Waals surface area contributed by atoms with Gasteiger partial charge in [-0.05, 0) is 37.8 Å². The molecule has 0 unspecified atom stereocenters. The van der Waals surface area contributed by atoms with E-state index < -0.39 is 6.09 Å². The molecule has 1 aromatic carbocycles. The maximum atomic E-state index is 12.2. The molecule has 0 radical (unpaired) electrons. The lowest BCUT2D eigenvalue weighted by atomic mass is 9.99. The highest BCUT2D eigenvalue weighted by atomic mass is 35.5. The van der Waals surface area contributed by atoms with Crippen molar-refractivity contribution in [3.05, 3.63) is 28.2 Å². The van der Waals surface area contributed by atoms with Gasteiger partial charge in [0.25, 0.3) is 0 Å². The summed E-state index contributed by atoms with van der Waals surface area (Å²) in [4.78, 5) is 12.2. The van der Waals surface area contributed by atoms with Crippen LogP contribution in [0.1, 0.15) is 70.6 Å². The average Bonchev–Trinajstić information content (AvgIpc) is 2.54. The van der Waals surface area contributed by atoms with Crippen molar-refractivity contribution in [1.82, 2.24) is 0 Å². The third-order valence-electron chi connectivity index (χ3n) is 4.52. The number of nitrogens with one attached hydrogen (secondary N) is 1. The van der Waals surface area contributed by atoms with Crippen LogP contribution in [0.15, 0.2) is 18.2 Å². The van der Waals surface area contributed by atoms with Crippen LogP contribution in [0, 0.1) is 0 Å². The monoisotopic (exact) mass is 371 g/mol. The molecule has 1 aromatic rings. The van der Waals surface area contributed by atoms with Crippen molar-refractivity contribution in [2.45, 2.75) is 76.7 Å². The van der Waals surface area contributed by atoms with Gasteiger partial charge in [-0.25, -0.2) is 4.79 Å². The summed E-state index contributed by atoms with van der Waals surface area (Å²) in [6.07, 6.45) is 12.6. The zero-order valence-electron chi connectivity index (χ0n) is 14.2. The van der Waals surface area contributed by atoms with Gasteiger partial charge in [0.2, 0.25) is 0 Å². The van der Waals surface area contributed by atoms with Gasteiger partial charge < -0.3 is 4.74 Å². The maximum Gasteiger partial charge on any atom is 0.411 e. The molecule has 1 fully saturated rings. The molecule has 1 amide bonds. The van der Waals surface area contributed by atoms with Crippen LogP contribution in [0.3, 0.4) is 0 Å². The Bertz CT molecular complexity index is 490. The SMILES string of the molecule is O=C(Nc1c(Cl)cccc1Cl)OC1CCCCCCCCCCC1. The lowest BCUT2D eigenvalue weighted by Gasteiger charge is -2.19. The molecule has 0 heterocycles. The summed E-state index contributed by atoms with van der Waals surface area (Å²) < 4.78 is 5.64. The Balaban J connectivity index is 1.87. The van der Waals surface area contributed by atoms with Crippen molar-refractivity contribution < 1.29 is 9.53 Å². The van der Waals surface area contributed by atoms with Gasteiger partial charge in [-0.3, -0.25) is 5.32 Å². The first-order valence-electron chi connectivity index (χ1n) is 9.08. The van der Waals surface area contributed by atoms with E-state index in [1.807, 2.05) is 0 Å². The fourth-order valence-corrected chi connectivity index (χ4v) is 3.64. The van der Waals surface area contributed by atoms with E-state index >= 15 is 0 Å². The molecule has 0 bridgehead atoms. The quantitative estimate of drug-likeness (QED) is 0.595. The van der Waals surface area contributed by atoms with Crippen molar-refractivity contribution in [1.29, 1.82) is 0 Å². The van der Waals surface area contributed by atoms with Gasteiger partial charge in [0.05, 0.1) is 15.7 Å². The lowest BCUT2D eigenvalue weighted by Crippen LogP contribution is -2.23. The molecule has 2 rings (SSSR count). The third-order valence-corrected chi connectivity index (χ3v) is 5.15. The number of halogens is 2. The molecule has 5 heteroatoms. The number of carbonyl (C=O) groups is 1. The number of rotatable bonds is 2. The minimum atomic E-state index is -0.470. The number of ether oxygens (including phenoxy) is 1. The fraction of sp³-hybridized carbons (Fsp3) is 0.632. The molecule has 1 saturated carbocycles. The molecule has 0 aliphatic heterocycles. The first-order valence-corrected chi connectivity index (χ1v) is 9.84. The van der Waals surface area contributed by atoms with Gasteiger partial charge in [-0.2, -0.15) is 0 Å². The zero-order chi connectivity index (χ0) is 17.2. The smallest absolute Gasteiger partial charge is 0.411 e. The highest BCUT2D eigenvalue weighted by Gasteiger charge is 2.16. The number of anilines is 1. The first-order chi connectivity index (χ1) is 11.7. The molecule has 0 aromatic heterocycles. The Kier molecular flexibility index (Phi) is 8.76. The number of carbonyl (C=O) groups excluding carboxylic acids is 1. The van der Waals surface area contributed by atoms with Gasteiger partial charge in [0, 0.05) is 0 Å². The highest BCUT2D eigenvalue weighted by molar-refractivity contribution is 6.39. The predicted octanol–water partition coefficient (Wildman–Crippen LogP) is 7.22. The molecule has 0 saturated heterocycles. The fourth-order valence-electron chi connectivity index (χ4n) is 3.14. The van der Waals surface area contributed by atoms with E-state index in [2.05, 4.69) is 5.32 Å². The van der Waals surface area contributed by atoms with E-state index in [0.717, 1.165) is 25.7 Å². The summed E-state index contributed by atoms with van der Waals surface area (Å²) in [5.74, 6) is 0. The second kappa shape index (κ2) is 10.8. The number of hydrogen-bond donors (Lipinski definition) is 1. The molecule has 1 aliphatic carbocycles. The molecule has 3 nitrogen and oxygen atoms in total. The number of benzene rings is 1. The lowest BCUT2D eigenvalue weighted by molar-refractivity contribution is 0.0958. The van der Waals surface area contributed by atoms with Gasteiger partial charge in [-0.1, -0.05) is 74.2 Å². The highest BCUT2D eigenvalue weighted by Crippen LogP contribution is 2.30. The zero-order valence-corrected chi connectivity index (χ0v) is 15.7. The van der Waals surface area contributed by atoms with E-state index in [-0.39, 0.29) is 6.10 Å². The minimum Gasteiger partial charge on any atom is -0.446 e. The van der Waals surface area contributed by atoms with Gasteiger partial charge >= 0.3 is 6.09 Å². The Morgan fingerprint density at radius 1 is 0.875 bits per heavy atom. The number of amides is 1. The van der Waals surface area contributed by atoms with Crippen molar-refractivity contribution in [2.75, 3.05) is 5.32 Å². The molecular formula is C19H27Cl2NO2. The Morgan fingerprint density at radius 3 is 1.83 bits per heavy atom. The number of hydrogen-bond acceptors (Lipinski definition) is 2. The minimum absolute atomic E-state index is 0.0225. The van der Waals surface area contributed by atoms with E-state index in [1.165, 1.54) is 44.9 Å². The third kappa shape index (κ3) is 6.90. The van der Waals surface area contributed by atoms with Crippen LogP contribution < -0.4 is 5.32 Å². The second-order valence-corrected chi connectivity index (χ2v) is 7.32. The van der Waals surface area contributed by atoms with Gasteiger partial charge in [0.1, 0.15) is 6.10 Å². The van der Waals surface area contributed by atoms with Crippen molar-refractivity contribution in [3.63, 3.8) is 0 Å². The van der Waals surface area contributed by atoms with E-state index in [1.54, 1.807) is 18.2 Å². The van der Waals surface area contributed by atoms with Crippen LogP contribution in [-0.2, 0) is 4.74 Å². The standard InChI is InChI=1S/C19H27Cl2NO2/c20-16-13-10-14-17(21)18(16)22-19(23)24-15-11-8-6-4-2-1-3-5-7-9-12-15/h10,13-15H,1-9,11-12H2,(H,22,23). The Hall–Kier alpha value is -0.930. The largest absolute Gasteiger partial charge is 0.446 e. The molecule has 0 spiro atoms. The normalized spacial score (nSPS) is 18.2. The number of para-hydroxylation sites is 1. The van der Waals surface area contributed by atoms with Crippen LogP contribution in [0.4, 0.5) is 10.5 Å². The van der Waals surface area contributed by atoms with Crippen molar-refractivity contribution >= 4 is 35.0 Å². The first kappa shape index (κ1) is 19.4. The summed E-state index contributed by atoms with van der Waals surface area (Å²) in [5, 5.41) is 3.52. The van der Waals surface area contributed by atoms with Crippen LogP contribution in [-0.4, -0.2) is 12.2 Å². The van der Waals surface area contributed by atoms with Crippen molar-refractivity contribution in [2.24, 2.45) is 0 Å². The van der Waals surface area contributed by atoms with E-state index in [9.17, 15) is 4.79 Å². The average molecular weight is 372 g/mol. The molecule has 1 aliphatic rings. The maximum absolute atomic E-state index is 12.2. The van der Waals surface area contributed by atoms with Gasteiger partial charge in [0.15, 0.2) is 0 Å².